The van der Waals surface area contributed by atoms with E-state index >= 15 is 0 Å². The van der Waals surface area contributed by atoms with Crippen molar-refractivity contribution >= 4 is 23.2 Å². The zero-order valence-corrected chi connectivity index (χ0v) is 11.4. The minimum atomic E-state index is -0.794. The first-order valence-electron chi connectivity index (χ1n) is 6.69. The molecule has 1 fully saturated rings. The predicted octanol–water partition coefficient (Wildman–Crippen LogP) is 2.71. The highest BCUT2D eigenvalue weighted by Gasteiger charge is 2.40. The quantitative estimate of drug-likeness (QED) is 0.887. The molecule has 0 unspecified atom stereocenters. The van der Waals surface area contributed by atoms with Crippen molar-refractivity contribution in [3.05, 3.63) is 60.2 Å². The van der Waals surface area contributed by atoms with Crippen LogP contribution in [0.1, 0.15) is 6.42 Å². The summed E-state index contributed by atoms with van der Waals surface area (Å²) < 4.78 is 26.6. The zero-order valence-electron chi connectivity index (χ0n) is 11.4. The van der Waals surface area contributed by atoms with Crippen molar-refractivity contribution < 1.29 is 18.4 Å². The molecule has 1 N–H and O–H groups in total. The number of rotatable bonds is 3. The summed E-state index contributed by atoms with van der Waals surface area (Å²) in [5.41, 5.74) is 0.462. The Morgan fingerprint density at radius 2 is 1.68 bits per heavy atom. The summed E-state index contributed by atoms with van der Waals surface area (Å²) in [4.78, 5) is 25.2. The second-order valence-electron chi connectivity index (χ2n) is 4.93. The van der Waals surface area contributed by atoms with Crippen LogP contribution in [-0.4, -0.2) is 17.9 Å². The van der Waals surface area contributed by atoms with Crippen LogP contribution in [0.15, 0.2) is 48.5 Å². The zero-order chi connectivity index (χ0) is 15.7. The van der Waals surface area contributed by atoms with E-state index in [1.807, 2.05) is 0 Å². The van der Waals surface area contributed by atoms with E-state index in [-0.39, 0.29) is 12.1 Å². The maximum absolute atomic E-state index is 13.8. The fraction of sp³-hybridized carbons (Fsp3) is 0.125. The van der Waals surface area contributed by atoms with Crippen LogP contribution in [-0.2, 0) is 9.59 Å². The second kappa shape index (κ2) is 5.55. The molecule has 0 radical (unpaired) electrons. The minimum absolute atomic E-state index is 0.0547. The number of hydrogen-bond donors (Lipinski definition) is 1. The van der Waals surface area contributed by atoms with Crippen molar-refractivity contribution in [1.82, 2.24) is 0 Å². The van der Waals surface area contributed by atoms with E-state index in [1.54, 1.807) is 6.07 Å². The molecule has 22 heavy (non-hydrogen) atoms. The van der Waals surface area contributed by atoms with Crippen molar-refractivity contribution in [2.45, 2.75) is 12.5 Å². The third-order valence-corrected chi connectivity index (χ3v) is 3.43. The highest BCUT2D eigenvalue weighted by atomic mass is 19.1. The third kappa shape index (κ3) is 2.55. The Morgan fingerprint density at radius 3 is 2.36 bits per heavy atom. The van der Waals surface area contributed by atoms with E-state index in [1.165, 1.54) is 42.5 Å². The third-order valence-electron chi connectivity index (χ3n) is 3.43. The molecule has 4 nitrogen and oxygen atoms in total. The van der Waals surface area contributed by atoms with Gasteiger partial charge in [-0.2, -0.15) is 0 Å². The molecule has 1 aliphatic rings. The molecular weight excluding hydrogens is 290 g/mol. The van der Waals surface area contributed by atoms with Gasteiger partial charge in [0.1, 0.15) is 17.7 Å². The molecule has 2 amide bonds. The number of halogens is 2. The summed E-state index contributed by atoms with van der Waals surface area (Å²) >= 11 is 0. The average molecular weight is 302 g/mol. The van der Waals surface area contributed by atoms with Crippen LogP contribution in [0.3, 0.4) is 0 Å². The minimum Gasteiger partial charge on any atom is -0.373 e. The van der Waals surface area contributed by atoms with Gasteiger partial charge in [0.2, 0.25) is 5.91 Å². The number of nitrogens with one attached hydrogen (secondary N) is 1. The molecule has 1 aliphatic heterocycles. The van der Waals surface area contributed by atoms with Gasteiger partial charge in [-0.3, -0.25) is 9.59 Å². The molecule has 0 aromatic heterocycles. The van der Waals surface area contributed by atoms with Crippen molar-refractivity contribution in [1.29, 1.82) is 0 Å². The van der Waals surface area contributed by atoms with Gasteiger partial charge in [-0.15, -0.1) is 0 Å². The van der Waals surface area contributed by atoms with E-state index in [0.717, 1.165) is 4.90 Å². The molecule has 112 valence electrons. The largest absolute Gasteiger partial charge is 0.373 e. The Labute approximate surface area is 125 Å². The average Bonchev–Trinajstić information content (AvgIpc) is 2.77. The van der Waals surface area contributed by atoms with Gasteiger partial charge in [-0.05, 0) is 36.4 Å². The topological polar surface area (TPSA) is 49.4 Å². The number of hydrogen-bond acceptors (Lipinski definition) is 3. The van der Waals surface area contributed by atoms with Crippen molar-refractivity contribution in [2.24, 2.45) is 0 Å². The Kier molecular flexibility index (Phi) is 3.58. The number of benzene rings is 2. The van der Waals surface area contributed by atoms with Crippen LogP contribution in [0.25, 0.3) is 0 Å². The molecule has 0 aliphatic carbocycles. The summed E-state index contributed by atoms with van der Waals surface area (Å²) in [7, 11) is 0. The lowest BCUT2D eigenvalue weighted by Gasteiger charge is -2.16. The molecule has 1 heterocycles. The molecule has 2 aromatic rings. The first-order valence-corrected chi connectivity index (χ1v) is 6.69. The summed E-state index contributed by atoms with van der Waals surface area (Å²) in [6.45, 7) is 0. The van der Waals surface area contributed by atoms with Gasteiger partial charge >= 0.3 is 0 Å². The normalized spacial score (nSPS) is 17.9. The number of nitrogens with zero attached hydrogens (tertiary/aromatic N) is 1. The second-order valence-corrected chi connectivity index (χ2v) is 4.93. The lowest BCUT2D eigenvalue weighted by molar-refractivity contribution is -0.121. The summed E-state index contributed by atoms with van der Waals surface area (Å²) in [5.74, 6) is -2.03. The molecule has 6 heteroatoms. The molecule has 3 rings (SSSR count). The van der Waals surface area contributed by atoms with Gasteiger partial charge in [0.05, 0.1) is 12.1 Å². The fourth-order valence-corrected chi connectivity index (χ4v) is 2.38. The molecule has 2 aromatic carbocycles. The number of imide groups is 1. The van der Waals surface area contributed by atoms with E-state index < -0.39 is 29.5 Å². The lowest BCUT2D eigenvalue weighted by Crippen LogP contribution is -2.35. The number of carbonyl (C=O) groups excluding carboxylic acids is 2. The summed E-state index contributed by atoms with van der Waals surface area (Å²) in [6, 6.07) is 10.3. The molecular formula is C16H12F2N2O2. The van der Waals surface area contributed by atoms with E-state index in [4.69, 9.17) is 0 Å². The van der Waals surface area contributed by atoms with Gasteiger partial charge in [0.25, 0.3) is 5.91 Å². The van der Waals surface area contributed by atoms with Gasteiger partial charge in [-0.25, -0.2) is 13.7 Å². The number of para-hydroxylation sites is 1. The van der Waals surface area contributed by atoms with Crippen LogP contribution >= 0.6 is 0 Å². The smallest absolute Gasteiger partial charge is 0.256 e. The van der Waals surface area contributed by atoms with Crippen molar-refractivity contribution in [2.75, 3.05) is 10.2 Å². The first-order chi connectivity index (χ1) is 10.6. The van der Waals surface area contributed by atoms with Crippen molar-refractivity contribution in [3.8, 4) is 0 Å². The molecule has 0 bridgehead atoms. The summed E-state index contributed by atoms with van der Waals surface area (Å²) in [6.07, 6.45) is -0.0788. The first kappa shape index (κ1) is 14.2. The van der Waals surface area contributed by atoms with Gasteiger partial charge in [0.15, 0.2) is 0 Å². The van der Waals surface area contributed by atoms with E-state index in [0.29, 0.717) is 5.69 Å². The highest BCUT2D eigenvalue weighted by molar-refractivity contribution is 6.23. The number of carbonyl (C=O) groups is 2. The summed E-state index contributed by atoms with van der Waals surface area (Å²) in [5, 5.41) is 2.87. The van der Waals surface area contributed by atoms with Crippen LogP contribution < -0.4 is 10.2 Å². The monoisotopic (exact) mass is 302 g/mol. The molecule has 1 atom stereocenters. The van der Waals surface area contributed by atoms with Gasteiger partial charge < -0.3 is 5.32 Å². The Morgan fingerprint density at radius 1 is 1.00 bits per heavy atom. The van der Waals surface area contributed by atoms with Crippen LogP contribution in [0, 0.1) is 11.6 Å². The maximum Gasteiger partial charge on any atom is 0.256 e. The van der Waals surface area contributed by atoms with Crippen molar-refractivity contribution in [3.63, 3.8) is 0 Å². The highest BCUT2D eigenvalue weighted by Crippen LogP contribution is 2.27. The molecule has 0 spiro atoms. The van der Waals surface area contributed by atoms with Crippen LogP contribution in [0.4, 0.5) is 20.2 Å². The van der Waals surface area contributed by atoms with Gasteiger partial charge in [-0.1, -0.05) is 12.1 Å². The lowest BCUT2D eigenvalue weighted by atomic mass is 10.2. The number of amides is 2. The standard InChI is InChI=1S/C16H12F2N2O2/c17-10-5-7-11(8-6-10)19-13-9-15(21)20(16(13)22)14-4-2-1-3-12(14)18/h1-8,13,19H,9H2/t13-/m0/s1. The Balaban J connectivity index is 1.82. The van der Waals surface area contributed by atoms with Crippen LogP contribution in [0.2, 0.25) is 0 Å². The van der Waals surface area contributed by atoms with Crippen LogP contribution in [0.5, 0.6) is 0 Å². The maximum atomic E-state index is 13.8. The molecule has 1 saturated heterocycles. The van der Waals surface area contributed by atoms with E-state index in [2.05, 4.69) is 5.32 Å². The van der Waals surface area contributed by atoms with E-state index in [9.17, 15) is 18.4 Å². The fourth-order valence-electron chi connectivity index (χ4n) is 2.38. The SMILES string of the molecule is O=C1C[C@H](Nc2ccc(F)cc2)C(=O)N1c1ccccc1F. The van der Waals surface area contributed by atoms with Gasteiger partial charge in [0, 0.05) is 5.69 Å². The Bertz CT molecular complexity index is 731. The predicted molar refractivity (Wildman–Crippen MR) is 77.3 cm³/mol. The Hall–Kier alpha value is -2.76. The number of anilines is 2. The molecule has 0 saturated carbocycles.